The van der Waals surface area contributed by atoms with Crippen LogP contribution in [0.2, 0.25) is 5.02 Å². The molecule has 2 amide bonds. The van der Waals surface area contributed by atoms with Gasteiger partial charge in [-0.3, -0.25) is 4.79 Å². The standard InChI is InChI=1S/C15H19ClN2O4/c1-3-22-10-4-5-11(16)12(8-10)17-14(21)18-7-6-15(2,9-18)13(19)20/h4-5,8H,3,6-7,9H2,1-2H3,(H,17,21)(H,19,20). The first-order chi connectivity index (χ1) is 10.4. The monoisotopic (exact) mass is 326 g/mol. The number of benzene rings is 1. The third kappa shape index (κ3) is 3.44. The summed E-state index contributed by atoms with van der Waals surface area (Å²) >= 11 is 6.07. The van der Waals surface area contributed by atoms with Gasteiger partial charge in [0.1, 0.15) is 5.75 Å². The Labute approximate surface area is 134 Å². The molecular formula is C15H19ClN2O4. The van der Waals surface area contributed by atoms with Crippen LogP contribution in [0.25, 0.3) is 0 Å². The highest BCUT2D eigenvalue weighted by atomic mass is 35.5. The van der Waals surface area contributed by atoms with Crippen molar-refractivity contribution >= 4 is 29.3 Å². The molecule has 1 fully saturated rings. The lowest BCUT2D eigenvalue weighted by Gasteiger charge is -2.21. The number of carbonyl (C=O) groups excluding carboxylic acids is 1. The van der Waals surface area contributed by atoms with Gasteiger partial charge in [0.25, 0.3) is 0 Å². The molecule has 2 rings (SSSR count). The fourth-order valence-electron chi connectivity index (χ4n) is 2.36. The molecule has 0 aromatic heterocycles. The number of amides is 2. The summed E-state index contributed by atoms with van der Waals surface area (Å²) in [6.07, 6.45) is 0.433. The smallest absolute Gasteiger partial charge is 0.321 e. The van der Waals surface area contributed by atoms with Gasteiger partial charge in [0.15, 0.2) is 0 Å². The number of hydrogen-bond acceptors (Lipinski definition) is 3. The Kier molecular flexibility index (Phi) is 4.81. The lowest BCUT2D eigenvalue weighted by Crippen LogP contribution is -2.37. The molecule has 0 aliphatic carbocycles. The van der Waals surface area contributed by atoms with E-state index in [2.05, 4.69) is 5.32 Å². The number of likely N-dealkylation sites (tertiary alicyclic amines) is 1. The molecule has 1 aromatic carbocycles. The number of carbonyl (C=O) groups is 2. The Balaban J connectivity index is 2.07. The Morgan fingerprint density at radius 3 is 2.82 bits per heavy atom. The fourth-order valence-corrected chi connectivity index (χ4v) is 2.52. The molecule has 2 N–H and O–H groups in total. The minimum Gasteiger partial charge on any atom is -0.494 e. The van der Waals surface area contributed by atoms with Gasteiger partial charge in [0.05, 0.1) is 22.7 Å². The normalized spacial score (nSPS) is 20.8. The molecule has 0 spiro atoms. The lowest BCUT2D eigenvalue weighted by atomic mass is 9.90. The zero-order valence-electron chi connectivity index (χ0n) is 12.6. The number of anilines is 1. The molecule has 1 unspecified atom stereocenters. The molecule has 1 aromatic rings. The zero-order chi connectivity index (χ0) is 16.3. The van der Waals surface area contributed by atoms with Gasteiger partial charge in [-0.05, 0) is 32.4 Å². The quantitative estimate of drug-likeness (QED) is 0.891. The third-order valence-corrected chi connectivity index (χ3v) is 4.10. The van der Waals surface area contributed by atoms with Gasteiger partial charge in [-0.15, -0.1) is 0 Å². The van der Waals surface area contributed by atoms with Gasteiger partial charge < -0.3 is 20.1 Å². The minimum absolute atomic E-state index is 0.178. The van der Waals surface area contributed by atoms with Crippen molar-refractivity contribution in [3.05, 3.63) is 23.2 Å². The van der Waals surface area contributed by atoms with Crippen LogP contribution >= 0.6 is 11.6 Å². The second-order valence-corrected chi connectivity index (χ2v) is 5.95. The Morgan fingerprint density at radius 1 is 1.50 bits per heavy atom. The molecule has 1 heterocycles. The molecule has 0 saturated carbocycles. The Bertz CT molecular complexity index is 593. The molecule has 1 saturated heterocycles. The van der Waals surface area contributed by atoms with E-state index < -0.39 is 11.4 Å². The number of carboxylic acids is 1. The number of carboxylic acid groups (broad SMARTS) is 1. The summed E-state index contributed by atoms with van der Waals surface area (Å²) in [6.45, 7) is 4.60. The summed E-state index contributed by atoms with van der Waals surface area (Å²) in [4.78, 5) is 25.0. The summed E-state index contributed by atoms with van der Waals surface area (Å²) in [7, 11) is 0. The predicted molar refractivity (Wildman–Crippen MR) is 83.6 cm³/mol. The summed E-state index contributed by atoms with van der Waals surface area (Å²) in [5.41, 5.74) is -0.449. The van der Waals surface area contributed by atoms with Crippen molar-refractivity contribution in [1.82, 2.24) is 4.90 Å². The molecular weight excluding hydrogens is 308 g/mol. The first-order valence-corrected chi connectivity index (χ1v) is 7.45. The van der Waals surface area contributed by atoms with Crippen LogP contribution in [0.1, 0.15) is 20.3 Å². The van der Waals surface area contributed by atoms with Crippen LogP contribution < -0.4 is 10.1 Å². The molecule has 1 aliphatic heterocycles. The summed E-state index contributed by atoms with van der Waals surface area (Å²) in [5, 5.41) is 12.3. The van der Waals surface area contributed by atoms with Crippen molar-refractivity contribution in [3.8, 4) is 5.75 Å². The van der Waals surface area contributed by atoms with Crippen molar-refractivity contribution in [2.75, 3.05) is 25.0 Å². The number of hydrogen-bond donors (Lipinski definition) is 2. The lowest BCUT2D eigenvalue weighted by molar-refractivity contribution is -0.146. The van der Waals surface area contributed by atoms with Crippen LogP contribution in [0.3, 0.4) is 0 Å². The highest BCUT2D eigenvalue weighted by Crippen LogP contribution is 2.32. The van der Waals surface area contributed by atoms with E-state index in [1.165, 1.54) is 4.90 Å². The van der Waals surface area contributed by atoms with Gasteiger partial charge in [-0.25, -0.2) is 4.79 Å². The topological polar surface area (TPSA) is 78.9 Å². The average molecular weight is 327 g/mol. The van der Waals surface area contributed by atoms with Crippen molar-refractivity contribution in [3.63, 3.8) is 0 Å². The van der Waals surface area contributed by atoms with Gasteiger partial charge in [-0.2, -0.15) is 0 Å². The number of nitrogens with one attached hydrogen (secondary N) is 1. The maximum Gasteiger partial charge on any atom is 0.321 e. The van der Waals surface area contributed by atoms with E-state index >= 15 is 0 Å². The third-order valence-electron chi connectivity index (χ3n) is 3.77. The largest absolute Gasteiger partial charge is 0.494 e. The molecule has 7 heteroatoms. The number of halogens is 1. The maximum atomic E-state index is 12.3. The predicted octanol–water partition coefficient (Wildman–Crippen LogP) is 3.07. The van der Waals surface area contributed by atoms with E-state index in [1.807, 2.05) is 6.92 Å². The van der Waals surface area contributed by atoms with E-state index in [0.717, 1.165) is 0 Å². The highest BCUT2D eigenvalue weighted by molar-refractivity contribution is 6.33. The molecule has 6 nitrogen and oxygen atoms in total. The van der Waals surface area contributed by atoms with Gasteiger partial charge >= 0.3 is 12.0 Å². The highest BCUT2D eigenvalue weighted by Gasteiger charge is 2.42. The summed E-state index contributed by atoms with van der Waals surface area (Å²) < 4.78 is 5.37. The van der Waals surface area contributed by atoms with E-state index in [1.54, 1.807) is 25.1 Å². The first-order valence-electron chi connectivity index (χ1n) is 7.07. The Hall–Kier alpha value is -1.95. The van der Waals surface area contributed by atoms with Crippen LogP contribution in [0.4, 0.5) is 10.5 Å². The second-order valence-electron chi connectivity index (χ2n) is 5.54. The minimum atomic E-state index is -0.895. The van der Waals surface area contributed by atoms with Gasteiger partial charge in [0, 0.05) is 19.2 Å². The van der Waals surface area contributed by atoms with Crippen molar-refractivity contribution in [2.45, 2.75) is 20.3 Å². The molecule has 1 aliphatic rings. The van der Waals surface area contributed by atoms with E-state index in [9.17, 15) is 14.7 Å². The maximum absolute atomic E-state index is 12.3. The Morgan fingerprint density at radius 2 is 2.23 bits per heavy atom. The average Bonchev–Trinajstić information content (AvgIpc) is 2.87. The van der Waals surface area contributed by atoms with Crippen LogP contribution in [0.15, 0.2) is 18.2 Å². The second kappa shape index (κ2) is 6.44. The number of rotatable bonds is 4. The van der Waals surface area contributed by atoms with Gasteiger partial charge in [0.2, 0.25) is 0 Å². The van der Waals surface area contributed by atoms with Crippen LogP contribution in [-0.2, 0) is 4.79 Å². The van der Waals surface area contributed by atoms with Crippen LogP contribution in [-0.4, -0.2) is 41.7 Å². The SMILES string of the molecule is CCOc1ccc(Cl)c(NC(=O)N2CCC(C)(C(=O)O)C2)c1. The van der Waals surface area contributed by atoms with E-state index in [4.69, 9.17) is 16.3 Å². The van der Waals surface area contributed by atoms with Crippen molar-refractivity contribution in [2.24, 2.45) is 5.41 Å². The van der Waals surface area contributed by atoms with Crippen LogP contribution in [0.5, 0.6) is 5.75 Å². The zero-order valence-corrected chi connectivity index (χ0v) is 13.3. The first kappa shape index (κ1) is 16.4. The number of nitrogens with zero attached hydrogens (tertiary/aromatic N) is 1. The molecule has 1 atom stereocenters. The fraction of sp³-hybridized carbons (Fsp3) is 0.467. The summed E-state index contributed by atoms with van der Waals surface area (Å²) in [5.74, 6) is -0.279. The molecule has 0 bridgehead atoms. The van der Waals surface area contributed by atoms with Crippen LogP contribution in [0, 0.1) is 5.41 Å². The summed E-state index contributed by atoms with van der Waals surface area (Å²) in [6, 6.07) is 4.66. The van der Waals surface area contributed by atoms with Gasteiger partial charge in [-0.1, -0.05) is 11.6 Å². The number of aliphatic carboxylic acids is 1. The van der Waals surface area contributed by atoms with Crippen molar-refractivity contribution in [1.29, 1.82) is 0 Å². The molecule has 0 radical (unpaired) electrons. The number of ether oxygens (including phenoxy) is 1. The number of urea groups is 1. The molecule has 22 heavy (non-hydrogen) atoms. The van der Waals surface area contributed by atoms with Crippen molar-refractivity contribution < 1.29 is 19.4 Å². The molecule has 120 valence electrons. The van der Waals surface area contributed by atoms with E-state index in [-0.39, 0.29) is 12.6 Å². The van der Waals surface area contributed by atoms with E-state index in [0.29, 0.717) is 36.0 Å².